The third kappa shape index (κ3) is 10.8. The first-order chi connectivity index (χ1) is 16.9. The second kappa shape index (κ2) is 16.3. The van der Waals surface area contributed by atoms with Crippen molar-refractivity contribution in [3.63, 3.8) is 0 Å². The number of carbonyl (C=O) groups excluding carboxylic acids is 1. The first-order valence-electron chi connectivity index (χ1n) is 13.1. The van der Waals surface area contributed by atoms with Gasteiger partial charge in [-0.15, -0.1) is 0 Å². The molecule has 2 unspecified atom stereocenters. The van der Waals surface area contributed by atoms with Crippen LogP contribution in [-0.2, 0) is 11.2 Å². The number of hydrogen-bond acceptors (Lipinski definition) is 5. The van der Waals surface area contributed by atoms with Gasteiger partial charge >= 0.3 is 0 Å². The molecular formula is C29H44N2O4. The van der Waals surface area contributed by atoms with Crippen LogP contribution in [0, 0.1) is 0 Å². The summed E-state index contributed by atoms with van der Waals surface area (Å²) in [6.07, 6.45) is 6.91. The van der Waals surface area contributed by atoms with Gasteiger partial charge in [-0.05, 0) is 87.8 Å². The average molecular weight is 485 g/mol. The number of aliphatic hydroxyl groups is 1. The number of amides is 1. The fourth-order valence-electron chi connectivity index (χ4n) is 4.20. The number of phenolic OH excluding ortho intramolecular Hbond substituents is 1. The van der Waals surface area contributed by atoms with Gasteiger partial charge in [0.05, 0.1) is 6.10 Å². The topological polar surface area (TPSA) is 96.0 Å². The lowest BCUT2D eigenvalue weighted by Gasteiger charge is -2.18. The molecule has 0 saturated heterocycles. The molecular weight excluding hydrogens is 440 g/mol. The van der Waals surface area contributed by atoms with Crippen LogP contribution in [0.25, 0.3) is 0 Å². The van der Waals surface area contributed by atoms with Gasteiger partial charge in [-0.3, -0.25) is 4.79 Å². The number of ether oxygens (including phenoxy) is 1. The number of aromatic hydroxyl groups is 1. The fraction of sp³-hybridized carbons (Fsp3) is 0.552. The Bertz CT molecular complexity index is 852. The van der Waals surface area contributed by atoms with E-state index in [1.165, 1.54) is 5.56 Å². The van der Waals surface area contributed by atoms with Gasteiger partial charge in [0.1, 0.15) is 5.75 Å². The smallest absolute Gasteiger partial charge is 0.253 e. The molecule has 0 fully saturated rings. The molecule has 0 aliphatic heterocycles. The molecule has 0 bridgehead atoms. The van der Waals surface area contributed by atoms with Gasteiger partial charge in [-0.25, -0.2) is 0 Å². The largest absolute Gasteiger partial charge is 0.508 e. The van der Waals surface area contributed by atoms with E-state index in [-0.39, 0.29) is 17.7 Å². The van der Waals surface area contributed by atoms with Gasteiger partial charge in [-0.2, -0.15) is 0 Å². The lowest BCUT2D eigenvalue weighted by Crippen LogP contribution is -2.30. The Morgan fingerprint density at radius 2 is 1.66 bits per heavy atom. The third-order valence-electron chi connectivity index (χ3n) is 6.40. The van der Waals surface area contributed by atoms with Crippen LogP contribution >= 0.6 is 0 Å². The van der Waals surface area contributed by atoms with E-state index in [1.807, 2.05) is 30.9 Å². The molecule has 2 atom stereocenters. The van der Waals surface area contributed by atoms with E-state index < -0.39 is 6.10 Å². The summed E-state index contributed by atoms with van der Waals surface area (Å²) < 4.78 is 5.77. The van der Waals surface area contributed by atoms with Crippen LogP contribution in [0.15, 0.2) is 48.5 Å². The van der Waals surface area contributed by atoms with Crippen molar-refractivity contribution in [2.45, 2.75) is 77.4 Å². The van der Waals surface area contributed by atoms with Crippen molar-refractivity contribution in [1.29, 1.82) is 0 Å². The molecule has 0 aliphatic rings. The van der Waals surface area contributed by atoms with E-state index in [0.717, 1.165) is 76.8 Å². The van der Waals surface area contributed by atoms with E-state index in [9.17, 15) is 15.0 Å². The predicted molar refractivity (Wildman–Crippen MR) is 142 cm³/mol. The Kier molecular flexibility index (Phi) is 13.4. The highest BCUT2D eigenvalue weighted by Gasteiger charge is 2.13. The minimum Gasteiger partial charge on any atom is -0.508 e. The van der Waals surface area contributed by atoms with E-state index in [2.05, 4.69) is 12.1 Å². The SMILES string of the molecule is CCN(CC)C(=O)c1ccc(CCCCOCCCCCC(N)CC(O)c2cccc(O)c2)cc1. The lowest BCUT2D eigenvalue weighted by atomic mass is 9.98. The van der Waals surface area contributed by atoms with Crippen molar-refractivity contribution in [2.24, 2.45) is 5.73 Å². The molecule has 6 nitrogen and oxygen atoms in total. The number of hydrogen-bond donors (Lipinski definition) is 3. The molecule has 0 saturated carbocycles. The second-order valence-electron chi connectivity index (χ2n) is 9.20. The van der Waals surface area contributed by atoms with E-state index in [4.69, 9.17) is 10.5 Å². The summed E-state index contributed by atoms with van der Waals surface area (Å²) >= 11 is 0. The highest BCUT2D eigenvalue weighted by Crippen LogP contribution is 2.22. The van der Waals surface area contributed by atoms with E-state index in [1.54, 1.807) is 24.3 Å². The number of phenols is 1. The second-order valence-corrected chi connectivity index (χ2v) is 9.20. The van der Waals surface area contributed by atoms with Crippen LogP contribution in [0.4, 0.5) is 0 Å². The number of benzene rings is 2. The first-order valence-corrected chi connectivity index (χ1v) is 13.1. The number of aliphatic hydroxyl groups excluding tert-OH is 1. The third-order valence-corrected chi connectivity index (χ3v) is 6.40. The quantitative estimate of drug-likeness (QED) is 0.267. The molecule has 0 radical (unpaired) electrons. The van der Waals surface area contributed by atoms with Gasteiger partial charge < -0.3 is 25.6 Å². The van der Waals surface area contributed by atoms with Crippen molar-refractivity contribution in [2.75, 3.05) is 26.3 Å². The zero-order valence-corrected chi connectivity index (χ0v) is 21.5. The van der Waals surface area contributed by atoms with Gasteiger partial charge in [0, 0.05) is 37.9 Å². The minimum atomic E-state index is -0.645. The van der Waals surface area contributed by atoms with Crippen molar-refractivity contribution < 1.29 is 19.7 Å². The molecule has 1 amide bonds. The summed E-state index contributed by atoms with van der Waals surface area (Å²) in [6, 6.07) is 14.6. The van der Waals surface area contributed by atoms with Crippen molar-refractivity contribution in [1.82, 2.24) is 4.90 Å². The zero-order valence-electron chi connectivity index (χ0n) is 21.5. The first kappa shape index (κ1) is 28.8. The number of nitrogens with zero attached hydrogens (tertiary/aromatic N) is 1. The van der Waals surface area contributed by atoms with Crippen LogP contribution in [-0.4, -0.2) is 53.4 Å². The summed E-state index contributed by atoms with van der Waals surface area (Å²) in [5.74, 6) is 0.260. The molecule has 0 heterocycles. The fourth-order valence-corrected chi connectivity index (χ4v) is 4.20. The van der Waals surface area contributed by atoms with Crippen molar-refractivity contribution in [3.05, 3.63) is 65.2 Å². The van der Waals surface area contributed by atoms with Gasteiger partial charge in [0.2, 0.25) is 0 Å². The van der Waals surface area contributed by atoms with Crippen LogP contribution in [0.3, 0.4) is 0 Å². The lowest BCUT2D eigenvalue weighted by molar-refractivity contribution is 0.0773. The average Bonchev–Trinajstić information content (AvgIpc) is 2.86. The summed E-state index contributed by atoms with van der Waals surface area (Å²) in [6.45, 7) is 7.01. The maximum Gasteiger partial charge on any atom is 0.253 e. The molecule has 0 spiro atoms. The van der Waals surface area contributed by atoms with Crippen LogP contribution < -0.4 is 5.73 Å². The molecule has 194 valence electrons. The summed E-state index contributed by atoms with van der Waals surface area (Å²) in [4.78, 5) is 14.2. The zero-order chi connectivity index (χ0) is 25.5. The maximum absolute atomic E-state index is 12.4. The molecule has 6 heteroatoms. The summed E-state index contributed by atoms with van der Waals surface area (Å²) in [7, 11) is 0. The normalized spacial score (nSPS) is 12.9. The molecule has 35 heavy (non-hydrogen) atoms. The number of carbonyl (C=O) groups is 1. The Balaban J connectivity index is 1.48. The van der Waals surface area contributed by atoms with Gasteiger partial charge in [0.15, 0.2) is 0 Å². The highest BCUT2D eigenvalue weighted by molar-refractivity contribution is 5.94. The molecule has 4 N–H and O–H groups in total. The Labute approximate surface area is 211 Å². The van der Waals surface area contributed by atoms with Crippen molar-refractivity contribution >= 4 is 5.91 Å². The number of nitrogens with two attached hydrogens (primary N) is 1. The molecule has 0 aromatic heterocycles. The maximum atomic E-state index is 12.4. The van der Waals surface area contributed by atoms with Crippen molar-refractivity contribution in [3.8, 4) is 5.75 Å². The monoisotopic (exact) mass is 484 g/mol. The van der Waals surface area contributed by atoms with Crippen LogP contribution in [0.2, 0.25) is 0 Å². The molecule has 2 aromatic rings. The summed E-state index contributed by atoms with van der Waals surface area (Å²) in [5.41, 5.74) is 8.89. The molecule has 2 rings (SSSR count). The molecule has 2 aromatic carbocycles. The van der Waals surface area contributed by atoms with Gasteiger partial charge in [-0.1, -0.05) is 37.1 Å². The standard InChI is InChI=1S/C29H44N2O4/c1-3-31(4-2)29(34)24-17-15-23(16-18-24)11-7-9-20-35-19-8-5-6-13-26(30)22-28(33)25-12-10-14-27(32)21-25/h10,12,14-18,21,26,28,32-33H,3-9,11,13,19-20,22,30H2,1-2H3. The number of rotatable bonds is 17. The Morgan fingerprint density at radius 1 is 0.971 bits per heavy atom. The Hall–Kier alpha value is -2.41. The van der Waals surface area contributed by atoms with Gasteiger partial charge in [0.25, 0.3) is 5.91 Å². The number of unbranched alkanes of at least 4 members (excludes halogenated alkanes) is 3. The molecule has 0 aliphatic carbocycles. The minimum absolute atomic E-state index is 0.0577. The van der Waals surface area contributed by atoms with Crippen LogP contribution in [0.5, 0.6) is 5.75 Å². The van der Waals surface area contributed by atoms with Crippen LogP contribution in [0.1, 0.15) is 86.4 Å². The van der Waals surface area contributed by atoms with E-state index >= 15 is 0 Å². The predicted octanol–water partition coefficient (Wildman–Crippen LogP) is 5.22. The Morgan fingerprint density at radius 3 is 2.31 bits per heavy atom. The highest BCUT2D eigenvalue weighted by atomic mass is 16.5. The number of aryl methyl sites for hydroxylation is 1. The summed E-state index contributed by atoms with van der Waals surface area (Å²) in [5, 5.41) is 19.8. The van der Waals surface area contributed by atoms with E-state index in [0.29, 0.717) is 12.0 Å².